The summed E-state index contributed by atoms with van der Waals surface area (Å²) in [6.07, 6.45) is 17.0. The van der Waals surface area contributed by atoms with Gasteiger partial charge in [0.05, 0.1) is 6.61 Å². The Bertz CT molecular complexity index is 1120. The maximum Gasteiger partial charge on any atom is 0.316 e. The van der Waals surface area contributed by atoms with E-state index in [-0.39, 0.29) is 11.4 Å². The van der Waals surface area contributed by atoms with E-state index in [1.54, 1.807) is 24.5 Å². The Morgan fingerprint density at radius 2 is 1.54 bits per heavy atom. The summed E-state index contributed by atoms with van der Waals surface area (Å²) in [6.45, 7) is 5.44. The van der Waals surface area contributed by atoms with Gasteiger partial charge < -0.3 is 9.30 Å². The van der Waals surface area contributed by atoms with E-state index in [0.717, 1.165) is 30.5 Å². The number of rotatable bonds is 17. The van der Waals surface area contributed by atoms with Gasteiger partial charge >= 0.3 is 6.01 Å². The van der Waals surface area contributed by atoms with Crippen LogP contribution in [0, 0.1) is 5.82 Å². The fourth-order valence-electron chi connectivity index (χ4n) is 4.10. The molecule has 0 N–H and O–H groups in total. The third kappa shape index (κ3) is 10.3. The lowest BCUT2D eigenvalue weighted by Crippen LogP contribution is -2.20. The third-order valence-electron chi connectivity index (χ3n) is 6.16. The zero-order chi connectivity index (χ0) is 26.3. The molecule has 3 aromatic rings. The maximum atomic E-state index is 13.3. The Balaban J connectivity index is 1.65. The molecule has 0 fully saturated rings. The highest BCUT2D eigenvalue weighted by molar-refractivity contribution is 7.98. The molecular formula is C29H39FN4O2S. The number of hydrogen-bond acceptors (Lipinski definition) is 6. The normalized spacial score (nSPS) is 11.1. The van der Waals surface area contributed by atoms with Crippen LogP contribution in [0.2, 0.25) is 0 Å². The predicted molar refractivity (Wildman–Crippen MR) is 148 cm³/mol. The van der Waals surface area contributed by atoms with Crippen molar-refractivity contribution in [2.75, 3.05) is 6.61 Å². The van der Waals surface area contributed by atoms with Crippen LogP contribution in [0.3, 0.4) is 0 Å². The molecule has 0 aliphatic carbocycles. The molecule has 3 rings (SSSR count). The summed E-state index contributed by atoms with van der Waals surface area (Å²) < 4.78 is 20.7. The summed E-state index contributed by atoms with van der Waals surface area (Å²) in [6, 6.07) is 6.79. The van der Waals surface area contributed by atoms with Crippen LogP contribution < -0.4 is 10.3 Å². The number of benzene rings is 1. The molecule has 200 valence electrons. The molecule has 0 aliphatic heterocycles. The van der Waals surface area contributed by atoms with Gasteiger partial charge in [-0.05, 0) is 36.6 Å². The molecule has 0 amide bonds. The third-order valence-corrected chi connectivity index (χ3v) is 7.22. The van der Waals surface area contributed by atoms with Gasteiger partial charge in [-0.3, -0.25) is 4.79 Å². The highest BCUT2D eigenvalue weighted by Crippen LogP contribution is 2.22. The second-order valence-electron chi connectivity index (χ2n) is 9.27. The van der Waals surface area contributed by atoms with E-state index in [1.807, 2.05) is 13.1 Å². The van der Waals surface area contributed by atoms with Crippen LogP contribution in [0.1, 0.15) is 88.3 Å². The average Bonchev–Trinajstić information content (AvgIpc) is 2.90. The molecule has 0 atom stereocenters. The van der Waals surface area contributed by atoms with Crippen LogP contribution in [0.25, 0.3) is 0 Å². The fourth-order valence-corrected chi connectivity index (χ4v) is 5.04. The minimum atomic E-state index is -0.253. The zero-order valence-corrected chi connectivity index (χ0v) is 22.9. The number of aryl methyl sites for hydroxylation is 1. The first-order valence-electron chi connectivity index (χ1n) is 13.5. The molecule has 2 heterocycles. The Kier molecular flexibility index (Phi) is 12.6. The molecular weight excluding hydrogens is 487 g/mol. The lowest BCUT2D eigenvalue weighted by atomic mass is 10.1. The Morgan fingerprint density at radius 3 is 2.19 bits per heavy atom. The van der Waals surface area contributed by atoms with E-state index < -0.39 is 0 Å². The minimum Gasteiger partial charge on any atom is -0.464 e. The van der Waals surface area contributed by atoms with Crippen molar-refractivity contribution in [3.8, 4) is 6.01 Å². The summed E-state index contributed by atoms with van der Waals surface area (Å²) in [4.78, 5) is 25.8. The number of thioether (sulfide) groups is 1. The van der Waals surface area contributed by atoms with Gasteiger partial charge in [0.15, 0.2) is 5.16 Å². The number of hydrogen-bond donors (Lipinski definition) is 0. The van der Waals surface area contributed by atoms with Crippen molar-refractivity contribution < 1.29 is 9.13 Å². The smallest absolute Gasteiger partial charge is 0.316 e. The Hall–Kier alpha value is -2.74. The number of aromatic nitrogens is 4. The maximum absolute atomic E-state index is 13.3. The summed E-state index contributed by atoms with van der Waals surface area (Å²) in [5, 5.41) is 0.695. The van der Waals surface area contributed by atoms with Crippen molar-refractivity contribution in [2.45, 2.75) is 95.5 Å². The first-order chi connectivity index (χ1) is 18.1. The van der Waals surface area contributed by atoms with Crippen LogP contribution in [0.15, 0.2) is 52.8 Å². The Morgan fingerprint density at radius 1 is 0.892 bits per heavy atom. The van der Waals surface area contributed by atoms with Crippen LogP contribution in [-0.2, 0) is 18.7 Å². The van der Waals surface area contributed by atoms with E-state index in [9.17, 15) is 9.18 Å². The van der Waals surface area contributed by atoms with Gasteiger partial charge in [0.1, 0.15) is 5.82 Å². The molecule has 0 bridgehead atoms. The summed E-state index contributed by atoms with van der Waals surface area (Å²) in [5.74, 6) is 0.369. The number of ether oxygens (including phenoxy) is 1. The molecule has 2 aromatic heterocycles. The van der Waals surface area contributed by atoms with Gasteiger partial charge in [0.25, 0.3) is 5.56 Å². The van der Waals surface area contributed by atoms with E-state index in [0.29, 0.717) is 35.5 Å². The largest absolute Gasteiger partial charge is 0.464 e. The molecule has 0 unspecified atom stereocenters. The van der Waals surface area contributed by atoms with Gasteiger partial charge in [-0.2, -0.15) is 4.98 Å². The molecule has 6 nitrogen and oxygen atoms in total. The SMILES string of the molecule is CCCCCCCCCCCn1cc(Cc2cnc(OCC)nc2)c(=O)nc1SCc1ccc(F)cc1. The van der Waals surface area contributed by atoms with Crippen LogP contribution in [0.4, 0.5) is 4.39 Å². The lowest BCUT2D eigenvalue weighted by Gasteiger charge is -2.14. The van der Waals surface area contributed by atoms with Gasteiger partial charge in [0.2, 0.25) is 0 Å². The van der Waals surface area contributed by atoms with Gasteiger partial charge in [-0.15, -0.1) is 0 Å². The van der Waals surface area contributed by atoms with Crippen molar-refractivity contribution in [2.24, 2.45) is 0 Å². The number of nitrogens with zero attached hydrogens (tertiary/aromatic N) is 4. The molecule has 0 spiro atoms. The van der Waals surface area contributed by atoms with Crippen molar-refractivity contribution in [1.29, 1.82) is 0 Å². The second kappa shape index (κ2) is 16.2. The van der Waals surface area contributed by atoms with E-state index in [1.165, 1.54) is 68.8 Å². The quantitative estimate of drug-likeness (QED) is 0.107. The standard InChI is InChI=1S/C29H39FN4O2S/c1-3-5-6-7-8-9-10-11-12-17-34-21-25(18-24-19-31-28(32-20-24)36-4-2)27(35)33-29(34)37-22-23-13-15-26(30)16-14-23/h13-16,19-21H,3-12,17-18,22H2,1-2H3. The second-order valence-corrected chi connectivity index (χ2v) is 10.2. The highest BCUT2D eigenvalue weighted by Gasteiger charge is 2.12. The number of halogens is 1. The molecule has 0 saturated heterocycles. The topological polar surface area (TPSA) is 69.9 Å². The van der Waals surface area contributed by atoms with E-state index in [2.05, 4.69) is 26.4 Å². The van der Waals surface area contributed by atoms with Crippen molar-refractivity contribution >= 4 is 11.8 Å². The number of unbranched alkanes of at least 4 members (excludes halogenated alkanes) is 8. The summed E-state index contributed by atoms with van der Waals surface area (Å²) >= 11 is 1.51. The first kappa shape index (κ1) is 28.8. The molecule has 0 radical (unpaired) electrons. The Labute approximate surface area is 224 Å². The van der Waals surface area contributed by atoms with Gasteiger partial charge in [-0.25, -0.2) is 14.4 Å². The van der Waals surface area contributed by atoms with Crippen LogP contribution in [0.5, 0.6) is 6.01 Å². The minimum absolute atomic E-state index is 0.237. The van der Waals surface area contributed by atoms with Crippen molar-refractivity contribution in [1.82, 2.24) is 19.5 Å². The highest BCUT2D eigenvalue weighted by atomic mass is 32.2. The molecule has 0 aliphatic rings. The van der Waals surface area contributed by atoms with Crippen molar-refractivity contribution in [3.05, 3.63) is 75.7 Å². The van der Waals surface area contributed by atoms with Gasteiger partial charge in [-0.1, -0.05) is 82.2 Å². The zero-order valence-electron chi connectivity index (χ0n) is 22.1. The monoisotopic (exact) mass is 526 g/mol. The molecule has 0 saturated carbocycles. The van der Waals surface area contributed by atoms with E-state index in [4.69, 9.17) is 4.74 Å². The molecule has 37 heavy (non-hydrogen) atoms. The molecule has 1 aromatic carbocycles. The van der Waals surface area contributed by atoms with Crippen LogP contribution >= 0.6 is 11.8 Å². The molecule has 8 heteroatoms. The summed E-state index contributed by atoms with van der Waals surface area (Å²) in [7, 11) is 0. The van der Waals surface area contributed by atoms with Gasteiger partial charge in [0, 0.05) is 42.9 Å². The first-order valence-corrected chi connectivity index (χ1v) is 14.5. The van der Waals surface area contributed by atoms with E-state index >= 15 is 0 Å². The van der Waals surface area contributed by atoms with Crippen LogP contribution in [-0.4, -0.2) is 26.1 Å². The van der Waals surface area contributed by atoms with Crippen molar-refractivity contribution in [3.63, 3.8) is 0 Å². The predicted octanol–water partition coefficient (Wildman–Crippen LogP) is 6.99. The average molecular weight is 527 g/mol. The summed E-state index contributed by atoms with van der Waals surface area (Å²) in [5.41, 5.74) is 2.21. The fraction of sp³-hybridized carbons (Fsp3) is 0.517. The lowest BCUT2D eigenvalue weighted by molar-refractivity contribution is 0.312.